The van der Waals surface area contributed by atoms with Gasteiger partial charge in [-0.25, -0.2) is 13.9 Å². The second-order valence-electron chi connectivity index (χ2n) is 5.19. The zero-order chi connectivity index (χ0) is 22.3. The molecular weight excluding hydrogens is 471 g/mol. The molecule has 16 nitrogen and oxygen atoms in total. The van der Waals surface area contributed by atoms with Gasteiger partial charge in [0, 0.05) is 6.20 Å². The molecule has 0 radical (unpaired) electrons. The van der Waals surface area contributed by atoms with Gasteiger partial charge in [0.2, 0.25) is 0 Å². The Bertz CT molecular complexity index is 731. The minimum atomic E-state index is -4.64. The van der Waals surface area contributed by atoms with Crippen molar-refractivity contribution in [2.45, 2.75) is 31.0 Å². The molecule has 1 aliphatic rings. The van der Waals surface area contributed by atoms with Crippen LogP contribution in [0.2, 0.25) is 0 Å². The first-order valence-electron chi connectivity index (χ1n) is 7.05. The zero-order valence-electron chi connectivity index (χ0n) is 13.9. The van der Waals surface area contributed by atoms with Gasteiger partial charge in [0.15, 0.2) is 0 Å². The molecule has 0 spiro atoms. The Morgan fingerprint density at radius 2 is 1.45 bits per heavy atom. The second kappa shape index (κ2) is 13.7. The monoisotopic (exact) mass is 493 g/mol. The molecule has 1 aromatic rings. The first-order valence-corrected chi connectivity index (χ1v) is 10.2. The second-order valence-corrected chi connectivity index (χ2v) is 7.24. The van der Waals surface area contributed by atoms with Crippen LogP contribution in [0.3, 0.4) is 0 Å². The van der Waals surface area contributed by atoms with Crippen molar-refractivity contribution in [3.63, 3.8) is 0 Å². The third-order valence-electron chi connectivity index (χ3n) is 2.91. The van der Waals surface area contributed by atoms with Gasteiger partial charge in [-0.05, 0) is 6.07 Å². The van der Waals surface area contributed by atoms with Crippen molar-refractivity contribution >= 4 is 72.8 Å². The van der Waals surface area contributed by atoms with Gasteiger partial charge < -0.3 is 55.2 Å². The van der Waals surface area contributed by atoms with E-state index in [2.05, 4.69) is 4.98 Å². The van der Waals surface area contributed by atoms with E-state index in [0.717, 1.165) is 0 Å². The molecule has 0 aliphatic carbocycles. The fourth-order valence-corrected chi connectivity index (χ4v) is 1.90. The van der Waals surface area contributed by atoms with E-state index in [-0.39, 0.29) is 63.7 Å². The molecule has 1 saturated heterocycles. The first-order chi connectivity index (χ1) is 12.5. The van der Waals surface area contributed by atoms with E-state index < -0.39 is 52.4 Å². The quantitative estimate of drug-likeness (QED) is 0.139. The maximum absolute atomic E-state index is 11.5. The standard InChI is InChI=1S/C10H15N3O5.K.2H3O4P.H/c11-7-1-2-13(10(17)12-7)3-5-8(15)9(16)6(4-14)18-5;;2*1-5(2,3)4;/h1-2,5-6,8-9,14-16H,3-4H2,(H2,11,12,17);;2*(H3,1,2,3,4);/t5-,6+,8-,9+;;;;/m0..../s1. The molecule has 0 bridgehead atoms. The molecule has 0 unspecified atom stereocenters. The molecule has 0 saturated carbocycles. The van der Waals surface area contributed by atoms with Crippen LogP contribution in [-0.2, 0) is 20.4 Å². The van der Waals surface area contributed by atoms with Gasteiger partial charge in [-0.1, -0.05) is 0 Å². The number of phosphoric acid groups is 2. The minimum absolute atomic E-state index is 0. The molecule has 19 heteroatoms. The summed E-state index contributed by atoms with van der Waals surface area (Å²) in [6.07, 6.45) is -2.52. The normalized spacial score (nSPS) is 23.8. The predicted molar refractivity (Wildman–Crippen MR) is 96.3 cm³/mol. The number of rotatable bonds is 3. The summed E-state index contributed by atoms with van der Waals surface area (Å²) in [4.78, 5) is 58.1. The van der Waals surface area contributed by atoms with Crippen molar-refractivity contribution in [1.82, 2.24) is 9.55 Å². The zero-order valence-corrected chi connectivity index (χ0v) is 15.7. The Labute approximate surface area is 205 Å². The molecule has 1 aliphatic heterocycles. The molecule has 2 rings (SSSR count). The van der Waals surface area contributed by atoms with Crippen molar-refractivity contribution in [2.75, 3.05) is 12.3 Å². The molecule has 29 heavy (non-hydrogen) atoms. The van der Waals surface area contributed by atoms with E-state index in [4.69, 9.17) is 54.1 Å². The van der Waals surface area contributed by atoms with Gasteiger partial charge >= 0.3 is 72.7 Å². The van der Waals surface area contributed by atoms with E-state index in [1.165, 1.54) is 16.8 Å². The van der Waals surface area contributed by atoms with Crippen LogP contribution >= 0.6 is 15.6 Å². The number of anilines is 1. The van der Waals surface area contributed by atoms with E-state index in [1.54, 1.807) is 0 Å². The third kappa shape index (κ3) is 15.8. The fourth-order valence-electron chi connectivity index (χ4n) is 1.90. The summed E-state index contributed by atoms with van der Waals surface area (Å²) in [5.74, 6) is 0.109. The number of nitrogen functional groups attached to an aromatic ring is 1. The Morgan fingerprint density at radius 3 is 1.79 bits per heavy atom. The van der Waals surface area contributed by atoms with Crippen LogP contribution in [0.1, 0.15) is 0 Å². The van der Waals surface area contributed by atoms with Crippen LogP contribution in [0.5, 0.6) is 0 Å². The van der Waals surface area contributed by atoms with Crippen molar-refractivity contribution in [3.8, 4) is 0 Å². The Balaban J connectivity index is 0. The number of hydrogen-bond donors (Lipinski definition) is 10. The summed E-state index contributed by atoms with van der Waals surface area (Å²) >= 11 is 0. The van der Waals surface area contributed by atoms with Gasteiger partial charge in [-0.3, -0.25) is 4.57 Å². The van der Waals surface area contributed by atoms with Gasteiger partial charge in [-0.15, -0.1) is 0 Å². The molecule has 0 amide bonds. The molecular formula is C10H22KN3O13P2. The number of ether oxygens (including phenoxy) is 1. The molecule has 11 N–H and O–H groups in total. The van der Waals surface area contributed by atoms with Gasteiger partial charge in [0.05, 0.1) is 13.2 Å². The summed E-state index contributed by atoms with van der Waals surface area (Å²) in [6, 6.07) is 1.45. The summed E-state index contributed by atoms with van der Waals surface area (Å²) in [7, 11) is -9.28. The molecule has 0 aromatic carbocycles. The van der Waals surface area contributed by atoms with Crippen LogP contribution in [0, 0.1) is 0 Å². The molecule has 1 aromatic heterocycles. The molecule has 166 valence electrons. The molecule has 2 heterocycles. The van der Waals surface area contributed by atoms with Gasteiger partial charge in [0.25, 0.3) is 0 Å². The Morgan fingerprint density at radius 1 is 1.03 bits per heavy atom. The maximum atomic E-state index is 11.5. The van der Waals surface area contributed by atoms with Gasteiger partial charge in [0.1, 0.15) is 30.2 Å². The van der Waals surface area contributed by atoms with Crippen molar-refractivity contribution in [3.05, 3.63) is 22.7 Å². The van der Waals surface area contributed by atoms with Crippen LogP contribution in [-0.4, -0.2) is 137 Å². The molecule has 4 atom stereocenters. The molecule has 1 fully saturated rings. The third-order valence-corrected chi connectivity index (χ3v) is 2.91. The summed E-state index contributed by atoms with van der Waals surface area (Å²) < 4.78 is 24.2. The Kier molecular flexibility index (Phi) is 14.9. The average Bonchev–Trinajstić information content (AvgIpc) is 2.74. The van der Waals surface area contributed by atoms with E-state index in [9.17, 15) is 15.0 Å². The number of nitrogens with two attached hydrogens (primary N) is 1. The summed E-state index contributed by atoms with van der Waals surface area (Å²) in [5.41, 5.74) is 4.79. The first kappa shape index (κ1) is 31.6. The van der Waals surface area contributed by atoms with Crippen LogP contribution in [0.4, 0.5) is 5.82 Å². The van der Waals surface area contributed by atoms with Crippen molar-refractivity contribution < 1.29 is 58.5 Å². The average molecular weight is 493 g/mol. The number of aliphatic hydroxyl groups excluding tert-OH is 3. The van der Waals surface area contributed by atoms with Crippen LogP contribution in [0.25, 0.3) is 0 Å². The number of hydrogen-bond acceptors (Lipinski definition) is 9. The van der Waals surface area contributed by atoms with E-state index in [0.29, 0.717) is 0 Å². The number of aromatic nitrogens is 2. The van der Waals surface area contributed by atoms with Crippen LogP contribution in [0.15, 0.2) is 17.1 Å². The SMILES string of the molecule is Nc1ccn(C[C@@H]2O[C@H](CO)[C@@H](O)[C@H]2O)c(=O)n1.O=P(O)(O)O.O=P(O)(O)O.[KH]. The number of aliphatic hydroxyl groups is 3. The fraction of sp³-hybridized carbons (Fsp3) is 0.600. The number of nitrogens with zero attached hydrogens (tertiary/aromatic N) is 2. The Hall–Kier alpha value is 0.376. The van der Waals surface area contributed by atoms with Crippen molar-refractivity contribution in [1.29, 1.82) is 0 Å². The summed E-state index contributed by atoms with van der Waals surface area (Å²) in [5, 5.41) is 28.2. The van der Waals surface area contributed by atoms with E-state index in [1.807, 2.05) is 0 Å². The van der Waals surface area contributed by atoms with Crippen molar-refractivity contribution in [2.24, 2.45) is 0 Å². The topological polar surface area (TPSA) is 286 Å². The van der Waals surface area contributed by atoms with Gasteiger partial charge in [-0.2, -0.15) is 4.98 Å². The van der Waals surface area contributed by atoms with Crippen LogP contribution < -0.4 is 11.4 Å². The predicted octanol–water partition coefficient (Wildman–Crippen LogP) is -5.20. The summed E-state index contributed by atoms with van der Waals surface area (Å²) in [6.45, 7) is -0.371. The van der Waals surface area contributed by atoms with E-state index >= 15 is 0 Å².